The molecule has 9 heavy (non-hydrogen) atoms. The zero-order chi connectivity index (χ0) is 6.91. The van der Waals surface area contributed by atoms with Crippen LogP contribution in [-0.2, 0) is 0 Å². The lowest BCUT2D eigenvalue weighted by Gasteiger charge is -2.24. The lowest BCUT2D eigenvalue weighted by Crippen LogP contribution is -2.36. The molecule has 1 aliphatic rings. The Hall–Kier alpha value is -0.0800. The third kappa shape index (κ3) is 1.25. The van der Waals surface area contributed by atoms with Gasteiger partial charge in [-0.15, -0.1) is 0 Å². The van der Waals surface area contributed by atoms with Crippen LogP contribution in [0.2, 0.25) is 0 Å². The summed E-state index contributed by atoms with van der Waals surface area (Å²) in [5, 5.41) is 18.6. The molecule has 0 bridgehead atoms. The van der Waals surface area contributed by atoms with Gasteiger partial charge in [0.1, 0.15) is 0 Å². The molecule has 0 saturated heterocycles. The van der Waals surface area contributed by atoms with Crippen LogP contribution < -0.4 is 0 Å². The van der Waals surface area contributed by atoms with Crippen molar-refractivity contribution in [2.45, 2.75) is 44.3 Å². The zero-order valence-corrected chi connectivity index (χ0v) is 5.80. The van der Waals surface area contributed by atoms with Crippen molar-refractivity contribution in [2.75, 3.05) is 0 Å². The number of rotatable bonds is 1. The Morgan fingerprint density at radius 3 is 2.00 bits per heavy atom. The Labute approximate surface area is 55.5 Å². The predicted molar refractivity (Wildman–Crippen MR) is 35.1 cm³/mol. The Balaban J connectivity index is 2.51. The van der Waals surface area contributed by atoms with Gasteiger partial charge >= 0.3 is 0 Å². The van der Waals surface area contributed by atoms with Crippen LogP contribution in [0.4, 0.5) is 0 Å². The topological polar surface area (TPSA) is 40.5 Å². The minimum absolute atomic E-state index is 0.556. The number of hydrogen-bond donors (Lipinski definition) is 2. The molecule has 1 rings (SSSR count). The van der Waals surface area contributed by atoms with Crippen molar-refractivity contribution < 1.29 is 10.2 Å². The first-order chi connectivity index (χ1) is 4.15. The smallest absolute Gasteiger partial charge is 0.0902 e. The van der Waals surface area contributed by atoms with E-state index >= 15 is 0 Å². The molecule has 0 spiro atoms. The van der Waals surface area contributed by atoms with Crippen molar-refractivity contribution in [3.63, 3.8) is 0 Å². The lowest BCUT2D eigenvalue weighted by atomic mass is 9.97. The lowest BCUT2D eigenvalue weighted by molar-refractivity contribution is -0.0602. The fraction of sp³-hybridized carbons (Fsp3) is 1.00. The summed E-state index contributed by atoms with van der Waals surface area (Å²) in [5.41, 5.74) is -0.750. The maximum Gasteiger partial charge on any atom is 0.0902 e. The van der Waals surface area contributed by atoms with E-state index in [9.17, 15) is 5.11 Å². The molecule has 2 N–H and O–H groups in total. The molecule has 1 saturated carbocycles. The van der Waals surface area contributed by atoms with Crippen LogP contribution in [-0.4, -0.2) is 21.9 Å². The fourth-order valence-electron chi connectivity index (χ4n) is 1.41. The van der Waals surface area contributed by atoms with Crippen LogP contribution in [0.25, 0.3) is 0 Å². The van der Waals surface area contributed by atoms with Crippen molar-refractivity contribution in [1.29, 1.82) is 0 Å². The van der Waals surface area contributed by atoms with Gasteiger partial charge in [-0.25, -0.2) is 0 Å². The third-order valence-corrected chi connectivity index (χ3v) is 2.25. The van der Waals surface area contributed by atoms with Gasteiger partial charge in [-0.2, -0.15) is 0 Å². The summed E-state index contributed by atoms with van der Waals surface area (Å²) in [7, 11) is 0. The summed E-state index contributed by atoms with van der Waals surface area (Å²) in [4.78, 5) is 0. The van der Waals surface area contributed by atoms with Crippen LogP contribution in [0.15, 0.2) is 0 Å². The van der Waals surface area contributed by atoms with Crippen molar-refractivity contribution in [1.82, 2.24) is 0 Å². The minimum atomic E-state index is -0.750. The monoisotopic (exact) mass is 130 g/mol. The summed E-state index contributed by atoms with van der Waals surface area (Å²) in [6.45, 7) is 1.66. The van der Waals surface area contributed by atoms with Crippen LogP contribution in [0.1, 0.15) is 32.6 Å². The van der Waals surface area contributed by atoms with Gasteiger partial charge in [0.05, 0.1) is 11.7 Å². The Morgan fingerprint density at radius 2 is 1.78 bits per heavy atom. The Bertz CT molecular complexity index is 93.1. The molecule has 2 nitrogen and oxygen atoms in total. The van der Waals surface area contributed by atoms with E-state index in [-0.39, 0.29) is 0 Å². The van der Waals surface area contributed by atoms with Crippen LogP contribution in [0.5, 0.6) is 0 Å². The third-order valence-electron chi connectivity index (χ3n) is 2.25. The SMILES string of the molecule is C[C@H](O)C1(O)CCCC1. The van der Waals surface area contributed by atoms with Gasteiger partial charge in [-0.1, -0.05) is 12.8 Å². The van der Waals surface area contributed by atoms with Gasteiger partial charge in [0, 0.05) is 0 Å². The first-order valence-electron chi connectivity index (χ1n) is 3.55. The Kier molecular flexibility index (Phi) is 1.78. The number of hydrogen-bond acceptors (Lipinski definition) is 2. The quantitative estimate of drug-likeness (QED) is 0.547. The maximum atomic E-state index is 9.52. The molecule has 54 valence electrons. The van der Waals surface area contributed by atoms with Crippen LogP contribution >= 0.6 is 0 Å². The highest BCUT2D eigenvalue weighted by Gasteiger charge is 2.35. The summed E-state index contributed by atoms with van der Waals surface area (Å²) in [5.74, 6) is 0. The molecule has 0 aromatic rings. The second-order valence-electron chi connectivity index (χ2n) is 2.99. The molecule has 0 aromatic heterocycles. The van der Waals surface area contributed by atoms with Gasteiger partial charge in [0.2, 0.25) is 0 Å². The summed E-state index contributed by atoms with van der Waals surface area (Å²) < 4.78 is 0. The van der Waals surface area contributed by atoms with Gasteiger partial charge in [-0.3, -0.25) is 0 Å². The van der Waals surface area contributed by atoms with Crippen LogP contribution in [0, 0.1) is 0 Å². The first-order valence-corrected chi connectivity index (χ1v) is 3.55. The highest BCUT2D eigenvalue weighted by molar-refractivity contribution is 4.88. The molecular formula is C7H14O2. The number of aliphatic hydroxyl groups excluding tert-OH is 1. The van der Waals surface area contributed by atoms with E-state index in [0.717, 1.165) is 25.7 Å². The summed E-state index contributed by atoms with van der Waals surface area (Å²) in [6, 6.07) is 0. The average Bonchev–Trinajstić information content (AvgIpc) is 2.16. The standard InChI is InChI=1S/C7H14O2/c1-6(8)7(9)4-2-3-5-7/h6,8-9H,2-5H2,1H3/t6-/m0/s1. The van der Waals surface area contributed by atoms with E-state index in [1.54, 1.807) is 6.92 Å². The molecule has 2 heteroatoms. The molecule has 0 heterocycles. The molecule has 0 amide bonds. The van der Waals surface area contributed by atoms with E-state index in [1.165, 1.54) is 0 Å². The molecule has 1 aliphatic carbocycles. The second-order valence-corrected chi connectivity index (χ2v) is 2.99. The van der Waals surface area contributed by atoms with E-state index < -0.39 is 11.7 Å². The van der Waals surface area contributed by atoms with E-state index in [4.69, 9.17) is 5.11 Å². The highest BCUT2D eigenvalue weighted by atomic mass is 16.3. The van der Waals surface area contributed by atoms with Crippen LogP contribution in [0.3, 0.4) is 0 Å². The molecule has 0 unspecified atom stereocenters. The zero-order valence-electron chi connectivity index (χ0n) is 5.80. The van der Waals surface area contributed by atoms with Gasteiger partial charge in [-0.05, 0) is 19.8 Å². The normalized spacial score (nSPS) is 28.3. The molecular weight excluding hydrogens is 116 g/mol. The average molecular weight is 130 g/mol. The van der Waals surface area contributed by atoms with Crippen molar-refractivity contribution >= 4 is 0 Å². The minimum Gasteiger partial charge on any atom is -0.390 e. The highest BCUT2D eigenvalue weighted by Crippen LogP contribution is 2.31. The molecule has 0 radical (unpaired) electrons. The predicted octanol–water partition coefficient (Wildman–Crippen LogP) is 0.672. The maximum absolute atomic E-state index is 9.52. The summed E-state index contributed by atoms with van der Waals surface area (Å²) >= 11 is 0. The van der Waals surface area contributed by atoms with E-state index in [0.29, 0.717) is 0 Å². The molecule has 0 aliphatic heterocycles. The van der Waals surface area contributed by atoms with Crippen molar-refractivity contribution in [3.05, 3.63) is 0 Å². The van der Waals surface area contributed by atoms with Gasteiger partial charge in [0.15, 0.2) is 0 Å². The fourth-order valence-corrected chi connectivity index (χ4v) is 1.41. The first kappa shape index (κ1) is 7.03. The second kappa shape index (κ2) is 2.27. The molecule has 1 atom stereocenters. The largest absolute Gasteiger partial charge is 0.390 e. The number of aliphatic hydroxyl groups is 2. The van der Waals surface area contributed by atoms with E-state index in [1.807, 2.05) is 0 Å². The molecule has 1 fully saturated rings. The van der Waals surface area contributed by atoms with Crippen molar-refractivity contribution in [3.8, 4) is 0 Å². The molecule has 0 aromatic carbocycles. The summed E-state index contributed by atoms with van der Waals surface area (Å²) in [6.07, 6.45) is 3.10. The van der Waals surface area contributed by atoms with Gasteiger partial charge < -0.3 is 10.2 Å². The van der Waals surface area contributed by atoms with E-state index in [2.05, 4.69) is 0 Å². The van der Waals surface area contributed by atoms with Gasteiger partial charge in [0.25, 0.3) is 0 Å². The Morgan fingerprint density at radius 1 is 1.33 bits per heavy atom. The van der Waals surface area contributed by atoms with Crippen molar-refractivity contribution in [2.24, 2.45) is 0 Å².